The van der Waals surface area contributed by atoms with E-state index in [9.17, 15) is 4.39 Å². The van der Waals surface area contributed by atoms with Gasteiger partial charge in [0.05, 0.1) is 0 Å². The molecule has 0 saturated heterocycles. The fourth-order valence-corrected chi connectivity index (χ4v) is 1.47. The highest BCUT2D eigenvalue weighted by Gasteiger charge is 2.05. The average Bonchev–Trinajstić information content (AvgIpc) is 2.56. The minimum Gasteiger partial charge on any atom is -0.382 e. The Balaban J connectivity index is 2.08. The zero-order valence-electron chi connectivity index (χ0n) is 8.92. The molecule has 1 heterocycles. The van der Waals surface area contributed by atoms with Crippen LogP contribution in [0.4, 0.5) is 16.0 Å². The van der Waals surface area contributed by atoms with Crippen molar-refractivity contribution in [2.45, 2.75) is 13.5 Å². The van der Waals surface area contributed by atoms with Crippen LogP contribution in [0.1, 0.15) is 11.4 Å². The third kappa shape index (κ3) is 2.13. The highest BCUT2D eigenvalue weighted by Crippen LogP contribution is 2.15. The van der Waals surface area contributed by atoms with Gasteiger partial charge in [0.25, 0.3) is 0 Å². The third-order valence-corrected chi connectivity index (χ3v) is 2.25. The quantitative estimate of drug-likeness (QED) is 0.741. The molecule has 1 aromatic heterocycles. The molecule has 5 heteroatoms. The van der Waals surface area contributed by atoms with E-state index in [4.69, 9.17) is 5.73 Å². The molecule has 0 unspecified atom stereocenters. The Labute approximate surface area is 92.7 Å². The highest BCUT2D eigenvalue weighted by atomic mass is 19.1. The summed E-state index contributed by atoms with van der Waals surface area (Å²) in [6.45, 7) is 2.17. The van der Waals surface area contributed by atoms with Gasteiger partial charge in [-0.25, -0.2) is 9.37 Å². The van der Waals surface area contributed by atoms with Crippen molar-refractivity contribution < 1.29 is 4.39 Å². The summed E-state index contributed by atoms with van der Waals surface area (Å²) in [6, 6.07) is 6.60. The van der Waals surface area contributed by atoms with E-state index in [-0.39, 0.29) is 5.82 Å². The van der Waals surface area contributed by atoms with Crippen molar-refractivity contribution in [1.82, 2.24) is 9.97 Å². The molecule has 0 saturated carbocycles. The zero-order valence-corrected chi connectivity index (χ0v) is 8.92. The molecule has 0 atom stereocenters. The van der Waals surface area contributed by atoms with Gasteiger partial charge in [0.1, 0.15) is 17.5 Å². The van der Waals surface area contributed by atoms with Crippen LogP contribution in [0.25, 0.3) is 0 Å². The standard InChI is InChI=1S/C11H13FN4/c1-7-15-10(13)11(16-7)14-6-8-4-2-3-5-9(8)12/h2-5,14H,6,13H2,1H3,(H,15,16). The first-order chi connectivity index (χ1) is 7.66. The summed E-state index contributed by atoms with van der Waals surface area (Å²) < 4.78 is 13.3. The molecule has 0 aliphatic heterocycles. The number of rotatable bonds is 3. The smallest absolute Gasteiger partial charge is 0.169 e. The number of nitrogens with two attached hydrogens (primary N) is 1. The molecular formula is C11H13FN4. The molecular weight excluding hydrogens is 207 g/mol. The molecule has 0 aliphatic rings. The number of hydrogen-bond acceptors (Lipinski definition) is 3. The van der Waals surface area contributed by atoms with E-state index in [0.29, 0.717) is 23.7 Å². The number of aromatic nitrogens is 2. The maximum atomic E-state index is 13.3. The first-order valence-corrected chi connectivity index (χ1v) is 4.96. The summed E-state index contributed by atoms with van der Waals surface area (Å²) in [6.07, 6.45) is 0. The van der Waals surface area contributed by atoms with Gasteiger partial charge in [0.15, 0.2) is 5.82 Å². The lowest BCUT2D eigenvalue weighted by molar-refractivity contribution is 0.613. The van der Waals surface area contributed by atoms with Crippen LogP contribution in [0, 0.1) is 12.7 Å². The first-order valence-electron chi connectivity index (χ1n) is 4.96. The van der Waals surface area contributed by atoms with Crippen LogP contribution in [-0.4, -0.2) is 9.97 Å². The summed E-state index contributed by atoms with van der Waals surface area (Å²) in [5, 5.41) is 2.98. The molecule has 0 radical (unpaired) electrons. The largest absolute Gasteiger partial charge is 0.382 e. The number of aryl methyl sites for hydroxylation is 1. The lowest BCUT2D eigenvalue weighted by atomic mass is 10.2. The van der Waals surface area contributed by atoms with Crippen LogP contribution in [0.3, 0.4) is 0 Å². The number of halogens is 1. The van der Waals surface area contributed by atoms with Crippen molar-refractivity contribution in [1.29, 1.82) is 0 Å². The topological polar surface area (TPSA) is 66.7 Å². The summed E-state index contributed by atoms with van der Waals surface area (Å²) >= 11 is 0. The highest BCUT2D eigenvalue weighted by molar-refractivity contribution is 5.57. The van der Waals surface area contributed by atoms with Crippen molar-refractivity contribution in [3.8, 4) is 0 Å². The van der Waals surface area contributed by atoms with E-state index in [0.717, 1.165) is 5.82 Å². The zero-order chi connectivity index (χ0) is 11.5. The van der Waals surface area contributed by atoms with Crippen molar-refractivity contribution in [3.05, 3.63) is 41.5 Å². The van der Waals surface area contributed by atoms with E-state index >= 15 is 0 Å². The lowest BCUT2D eigenvalue weighted by Gasteiger charge is -2.04. The molecule has 16 heavy (non-hydrogen) atoms. The molecule has 0 spiro atoms. The number of benzene rings is 1. The fourth-order valence-electron chi connectivity index (χ4n) is 1.47. The molecule has 1 aromatic carbocycles. The van der Waals surface area contributed by atoms with E-state index < -0.39 is 0 Å². The number of nitrogens with one attached hydrogen (secondary N) is 2. The van der Waals surface area contributed by atoms with Crippen LogP contribution >= 0.6 is 0 Å². The van der Waals surface area contributed by atoms with Crippen molar-refractivity contribution in [3.63, 3.8) is 0 Å². The van der Waals surface area contributed by atoms with E-state index in [1.54, 1.807) is 18.2 Å². The monoisotopic (exact) mass is 220 g/mol. The maximum absolute atomic E-state index is 13.3. The van der Waals surface area contributed by atoms with Gasteiger partial charge in [0.2, 0.25) is 0 Å². The predicted molar refractivity (Wildman–Crippen MR) is 61.5 cm³/mol. The van der Waals surface area contributed by atoms with Gasteiger partial charge in [-0.1, -0.05) is 18.2 Å². The Morgan fingerprint density at radius 3 is 2.81 bits per heavy atom. The molecule has 0 bridgehead atoms. The number of anilines is 2. The van der Waals surface area contributed by atoms with Crippen LogP contribution in [0.5, 0.6) is 0 Å². The Bertz CT molecular complexity index is 492. The Morgan fingerprint density at radius 1 is 1.44 bits per heavy atom. The van der Waals surface area contributed by atoms with Gasteiger partial charge in [-0.2, -0.15) is 0 Å². The fraction of sp³-hybridized carbons (Fsp3) is 0.182. The normalized spacial score (nSPS) is 10.4. The van der Waals surface area contributed by atoms with Crippen LogP contribution < -0.4 is 11.1 Å². The number of imidazole rings is 1. The minimum atomic E-state index is -0.235. The second kappa shape index (κ2) is 4.22. The summed E-state index contributed by atoms with van der Waals surface area (Å²) in [5.41, 5.74) is 6.25. The number of hydrogen-bond donors (Lipinski definition) is 3. The molecule has 0 aliphatic carbocycles. The van der Waals surface area contributed by atoms with Gasteiger partial charge in [-0.3, -0.25) is 0 Å². The number of nitrogen functional groups attached to an aromatic ring is 1. The van der Waals surface area contributed by atoms with Crippen molar-refractivity contribution in [2.24, 2.45) is 0 Å². The molecule has 2 aromatic rings. The van der Waals surface area contributed by atoms with E-state index in [1.165, 1.54) is 6.07 Å². The van der Waals surface area contributed by atoms with Crippen LogP contribution in [-0.2, 0) is 6.54 Å². The molecule has 84 valence electrons. The predicted octanol–water partition coefficient (Wildman–Crippen LogP) is 2.05. The Kier molecular flexibility index (Phi) is 2.76. The van der Waals surface area contributed by atoms with Gasteiger partial charge in [-0.05, 0) is 13.0 Å². The van der Waals surface area contributed by atoms with Crippen LogP contribution in [0.15, 0.2) is 24.3 Å². The number of aromatic amines is 1. The second-order valence-electron chi connectivity index (χ2n) is 3.53. The van der Waals surface area contributed by atoms with Gasteiger partial charge < -0.3 is 16.0 Å². The molecule has 4 N–H and O–H groups in total. The van der Waals surface area contributed by atoms with Gasteiger partial charge >= 0.3 is 0 Å². The Hall–Kier alpha value is -2.04. The summed E-state index contributed by atoms with van der Waals surface area (Å²) in [5.74, 6) is 1.52. The Morgan fingerprint density at radius 2 is 2.19 bits per heavy atom. The molecule has 0 amide bonds. The maximum Gasteiger partial charge on any atom is 0.169 e. The molecule has 4 nitrogen and oxygen atoms in total. The number of nitrogens with zero attached hydrogens (tertiary/aromatic N) is 1. The number of H-pyrrole nitrogens is 1. The lowest BCUT2D eigenvalue weighted by Crippen LogP contribution is -2.03. The summed E-state index contributed by atoms with van der Waals surface area (Å²) in [7, 11) is 0. The average molecular weight is 220 g/mol. The van der Waals surface area contributed by atoms with Crippen molar-refractivity contribution in [2.75, 3.05) is 11.1 Å². The SMILES string of the molecule is Cc1nc(NCc2ccccc2F)c(N)[nH]1. The van der Waals surface area contributed by atoms with Crippen LogP contribution in [0.2, 0.25) is 0 Å². The molecule has 0 fully saturated rings. The van der Waals surface area contributed by atoms with Crippen molar-refractivity contribution >= 4 is 11.6 Å². The molecule has 2 rings (SSSR count). The first kappa shape index (κ1) is 10.5. The van der Waals surface area contributed by atoms with E-state index in [1.807, 2.05) is 6.92 Å². The minimum absolute atomic E-state index is 0.235. The van der Waals surface area contributed by atoms with Gasteiger partial charge in [-0.15, -0.1) is 0 Å². The van der Waals surface area contributed by atoms with E-state index in [2.05, 4.69) is 15.3 Å². The second-order valence-corrected chi connectivity index (χ2v) is 3.53. The van der Waals surface area contributed by atoms with Gasteiger partial charge in [0, 0.05) is 12.1 Å². The third-order valence-electron chi connectivity index (χ3n) is 2.25. The summed E-state index contributed by atoms with van der Waals surface area (Å²) in [4.78, 5) is 7.01.